The van der Waals surface area contributed by atoms with Crippen molar-refractivity contribution in [2.24, 2.45) is 13.0 Å². The minimum atomic E-state index is 0.735. The first-order chi connectivity index (χ1) is 9.29. The van der Waals surface area contributed by atoms with Crippen LogP contribution in [0.15, 0.2) is 6.33 Å². The normalized spacial score (nSPS) is 20.8. The molecule has 1 unspecified atom stereocenters. The second kappa shape index (κ2) is 7.57. The maximum Gasteiger partial charge on any atom is 0.146 e. The molecule has 108 valence electrons. The molecule has 0 aliphatic carbocycles. The minimum absolute atomic E-state index is 0.735. The van der Waals surface area contributed by atoms with Crippen molar-refractivity contribution in [3.8, 4) is 0 Å². The van der Waals surface area contributed by atoms with E-state index in [1.165, 1.54) is 19.4 Å². The minimum Gasteiger partial charge on any atom is -0.383 e. The van der Waals surface area contributed by atoms with E-state index in [0.29, 0.717) is 0 Å². The molecule has 2 rings (SSSR count). The van der Waals surface area contributed by atoms with E-state index < -0.39 is 0 Å². The van der Waals surface area contributed by atoms with Crippen molar-refractivity contribution in [2.75, 3.05) is 39.9 Å². The SMILES string of the molecule is COCCNCC1CCCN(Cc2nncn2C)C1. The van der Waals surface area contributed by atoms with E-state index in [-0.39, 0.29) is 0 Å². The predicted molar refractivity (Wildman–Crippen MR) is 73.7 cm³/mol. The van der Waals surface area contributed by atoms with Crippen LogP contribution in [0.5, 0.6) is 0 Å². The van der Waals surface area contributed by atoms with Gasteiger partial charge in [-0.25, -0.2) is 0 Å². The molecule has 0 amide bonds. The van der Waals surface area contributed by atoms with Crippen LogP contribution in [0.1, 0.15) is 18.7 Å². The fraction of sp³-hybridized carbons (Fsp3) is 0.846. The molecule has 1 aliphatic heterocycles. The van der Waals surface area contributed by atoms with E-state index >= 15 is 0 Å². The molecule has 1 aromatic rings. The number of hydrogen-bond acceptors (Lipinski definition) is 5. The van der Waals surface area contributed by atoms with Crippen LogP contribution in [0.25, 0.3) is 0 Å². The topological polar surface area (TPSA) is 55.2 Å². The van der Waals surface area contributed by atoms with Gasteiger partial charge in [-0.2, -0.15) is 0 Å². The summed E-state index contributed by atoms with van der Waals surface area (Å²) >= 11 is 0. The Balaban J connectivity index is 1.72. The fourth-order valence-electron chi connectivity index (χ4n) is 2.59. The van der Waals surface area contributed by atoms with E-state index in [2.05, 4.69) is 20.4 Å². The van der Waals surface area contributed by atoms with Gasteiger partial charge in [-0.15, -0.1) is 10.2 Å². The average molecular weight is 267 g/mol. The zero-order chi connectivity index (χ0) is 13.5. The average Bonchev–Trinajstić information content (AvgIpc) is 2.81. The number of methoxy groups -OCH3 is 1. The van der Waals surface area contributed by atoms with Crippen LogP contribution in [-0.2, 0) is 18.3 Å². The standard InChI is InChI=1S/C13H25N5O/c1-17-11-15-16-13(17)10-18-6-3-4-12(9-18)8-14-5-7-19-2/h11-12,14H,3-10H2,1-2H3. The maximum atomic E-state index is 5.04. The van der Waals surface area contributed by atoms with Gasteiger partial charge in [-0.05, 0) is 31.8 Å². The summed E-state index contributed by atoms with van der Waals surface area (Å²) in [6, 6.07) is 0. The number of aromatic nitrogens is 3. The van der Waals surface area contributed by atoms with Gasteiger partial charge in [0.25, 0.3) is 0 Å². The molecule has 6 nitrogen and oxygen atoms in total. The lowest BCUT2D eigenvalue weighted by atomic mass is 9.98. The predicted octanol–water partition coefficient (Wildman–Crippen LogP) is 0.263. The lowest BCUT2D eigenvalue weighted by Crippen LogP contribution is -2.40. The highest BCUT2D eigenvalue weighted by Gasteiger charge is 2.20. The molecular weight excluding hydrogens is 242 g/mol. The molecule has 1 aromatic heterocycles. The summed E-state index contributed by atoms with van der Waals surface area (Å²) in [5, 5.41) is 11.6. The lowest BCUT2D eigenvalue weighted by Gasteiger charge is -2.32. The van der Waals surface area contributed by atoms with Crippen molar-refractivity contribution in [2.45, 2.75) is 19.4 Å². The number of aryl methyl sites for hydroxylation is 1. The van der Waals surface area contributed by atoms with Gasteiger partial charge < -0.3 is 14.6 Å². The van der Waals surface area contributed by atoms with Crippen molar-refractivity contribution in [3.63, 3.8) is 0 Å². The highest BCUT2D eigenvalue weighted by molar-refractivity contribution is 4.86. The van der Waals surface area contributed by atoms with Crippen LogP contribution in [0, 0.1) is 5.92 Å². The zero-order valence-electron chi connectivity index (χ0n) is 12.0. The first-order valence-electron chi connectivity index (χ1n) is 7.04. The van der Waals surface area contributed by atoms with E-state index in [9.17, 15) is 0 Å². The van der Waals surface area contributed by atoms with Gasteiger partial charge >= 0.3 is 0 Å². The van der Waals surface area contributed by atoms with Crippen molar-refractivity contribution >= 4 is 0 Å². The molecule has 1 saturated heterocycles. The summed E-state index contributed by atoms with van der Waals surface area (Å²) in [6.07, 6.45) is 4.35. The molecule has 0 spiro atoms. The second-order valence-corrected chi connectivity index (χ2v) is 5.30. The molecule has 1 aliphatic rings. The second-order valence-electron chi connectivity index (χ2n) is 5.30. The Morgan fingerprint density at radius 2 is 2.42 bits per heavy atom. The number of piperidine rings is 1. The van der Waals surface area contributed by atoms with E-state index in [1.54, 1.807) is 13.4 Å². The van der Waals surface area contributed by atoms with Gasteiger partial charge in [-0.3, -0.25) is 4.90 Å². The summed E-state index contributed by atoms with van der Waals surface area (Å²) in [7, 11) is 3.74. The number of rotatable bonds is 7. The summed E-state index contributed by atoms with van der Waals surface area (Å²) < 4.78 is 7.05. The smallest absolute Gasteiger partial charge is 0.146 e. The van der Waals surface area contributed by atoms with Gasteiger partial charge in [0.05, 0.1) is 13.2 Å². The first kappa shape index (κ1) is 14.4. The maximum absolute atomic E-state index is 5.04. The number of ether oxygens (including phenoxy) is 1. The molecule has 1 atom stereocenters. The third-order valence-electron chi connectivity index (χ3n) is 3.69. The molecule has 2 heterocycles. The Labute approximate surface area is 115 Å². The molecule has 0 saturated carbocycles. The van der Waals surface area contributed by atoms with Crippen LogP contribution in [0.4, 0.5) is 0 Å². The Kier molecular flexibility index (Phi) is 5.75. The molecule has 1 N–H and O–H groups in total. The summed E-state index contributed by atoms with van der Waals surface area (Å²) in [5.74, 6) is 1.78. The third kappa shape index (κ3) is 4.56. The molecular formula is C13H25N5O. The first-order valence-corrected chi connectivity index (χ1v) is 7.04. The highest BCUT2D eigenvalue weighted by Crippen LogP contribution is 2.17. The molecule has 0 radical (unpaired) electrons. The molecule has 6 heteroatoms. The molecule has 0 bridgehead atoms. The van der Waals surface area contributed by atoms with Gasteiger partial charge in [-0.1, -0.05) is 0 Å². The van der Waals surface area contributed by atoms with Gasteiger partial charge in [0, 0.05) is 27.2 Å². The Hall–Kier alpha value is -0.980. The third-order valence-corrected chi connectivity index (χ3v) is 3.69. The van der Waals surface area contributed by atoms with Gasteiger partial charge in [0.1, 0.15) is 12.2 Å². The molecule has 1 fully saturated rings. The monoisotopic (exact) mass is 267 g/mol. The number of hydrogen-bond donors (Lipinski definition) is 1. The quantitative estimate of drug-likeness (QED) is 0.718. The van der Waals surface area contributed by atoms with Gasteiger partial charge in [0.15, 0.2) is 0 Å². The number of likely N-dealkylation sites (tertiary alicyclic amines) is 1. The van der Waals surface area contributed by atoms with Crippen molar-refractivity contribution < 1.29 is 4.74 Å². The zero-order valence-corrected chi connectivity index (χ0v) is 12.0. The lowest BCUT2D eigenvalue weighted by molar-refractivity contribution is 0.155. The summed E-state index contributed by atoms with van der Waals surface area (Å²) in [4.78, 5) is 2.48. The summed E-state index contributed by atoms with van der Waals surface area (Å²) in [5.41, 5.74) is 0. The van der Waals surface area contributed by atoms with Crippen molar-refractivity contribution in [3.05, 3.63) is 12.2 Å². The van der Waals surface area contributed by atoms with Crippen LogP contribution in [0.3, 0.4) is 0 Å². The fourth-order valence-corrected chi connectivity index (χ4v) is 2.59. The number of nitrogens with one attached hydrogen (secondary N) is 1. The molecule has 19 heavy (non-hydrogen) atoms. The number of nitrogens with zero attached hydrogens (tertiary/aromatic N) is 4. The Morgan fingerprint density at radius 1 is 1.53 bits per heavy atom. The Bertz CT molecular complexity index is 368. The largest absolute Gasteiger partial charge is 0.383 e. The van der Waals surface area contributed by atoms with Gasteiger partial charge in [0.2, 0.25) is 0 Å². The van der Waals surface area contributed by atoms with Crippen LogP contribution < -0.4 is 5.32 Å². The van der Waals surface area contributed by atoms with E-state index in [1.807, 2.05) is 11.6 Å². The van der Waals surface area contributed by atoms with E-state index in [4.69, 9.17) is 4.74 Å². The summed E-state index contributed by atoms with van der Waals surface area (Å²) in [6.45, 7) is 6.03. The Morgan fingerprint density at radius 3 is 3.16 bits per heavy atom. The van der Waals surface area contributed by atoms with Crippen LogP contribution in [-0.4, -0.2) is 59.6 Å². The highest BCUT2D eigenvalue weighted by atomic mass is 16.5. The van der Waals surface area contributed by atoms with Crippen LogP contribution in [0.2, 0.25) is 0 Å². The van der Waals surface area contributed by atoms with Crippen LogP contribution >= 0.6 is 0 Å². The molecule has 0 aromatic carbocycles. The van der Waals surface area contributed by atoms with E-state index in [0.717, 1.165) is 44.5 Å². The van der Waals surface area contributed by atoms with Crippen molar-refractivity contribution in [1.82, 2.24) is 25.0 Å². The van der Waals surface area contributed by atoms with Crippen molar-refractivity contribution in [1.29, 1.82) is 0 Å².